The van der Waals surface area contributed by atoms with Crippen LogP contribution in [0.1, 0.15) is 21.8 Å². The second kappa shape index (κ2) is 9.19. The molecule has 1 fully saturated rings. The number of ether oxygens (including phenoxy) is 1. The van der Waals surface area contributed by atoms with Crippen LogP contribution < -0.4 is 0 Å². The van der Waals surface area contributed by atoms with E-state index >= 15 is 0 Å². The monoisotopic (exact) mass is 456 g/mol. The highest BCUT2D eigenvalue weighted by molar-refractivity contribution is 7.89. The summed E-state index contributed by atoms with van der Waals surface area (Å²) in [5.41, 5.74) is 2.07. The van der Waals surface area contributed by atoms with Gasteiger partial charge < -0.3 is 9.26 Å². The Bertz CT molecular complexity index is 1200. The van der Waals surface area contributed by atoms with Crippen LogP contribution in [0.5, 0.6) is 0 Å². The predicted molar refractivity (Wildman–Crippen MR) is 116 cm³/mol. The number of hydrogen-bond donors (Lipinski definition) is 0. The molecule has 1 aliphatic heterocycles. The second-order valence-electron chi connectivity index (χ2n) is 7.55. The van der Waals surface area contributed by atoms with E-state index in [0.29, 0.717) is 31.3 Å². The van der Waals surface area contributed by atoms with Gasteiger partial charge in [0.25, 0.3) is 0 Å². The molecule has 168 valence electrons. The molecule has 3 aromatic rings. The molecule has 0 spiro atoms. The number of esters is 1. The van der Waals surface area contributed by atoms with Crippen LogP contribution in [0.25, 0.3) is 11.4 Å². The Hall–Kier alpha value is -3.08. The molecule has 1 aromatic heterocycles. The fraction of sp³-hybridized carbons (Fsp3) is 0.318. The van der Waals surface area contributed by atoms with E-state index in [-0.39, 0.29) is 23.5 Å². The van der Waals surface area contributed by atoms with Crippen molar-refractivity contribution in [2.45, 2.75) is 18.4 Å². The van der Waals surface area contributed by atoms with Gasteiger partial charge in [0.05, 0.1) is 24.1 Å². The highest BCUT2D eigenvalue weighted by atomic mass is 32.2. The molecule has 10 heteroatoms. The molecule has 2 aromatic carbocycles. The van der Waals surface area contributed by atoms with Crippen molar-refractivity contribution in [1.82, 2.24) is 19.3 Å². The average molecular weight is 457 g/mol. The maximum Gasteiger partial charge on any atom is 0.339 e. The molecule has 1 saturated heterocycles. The molecule has 0 bridgehead atoms. The highest BCUT2D eigenvalue weighted by Gasteiger charge is 2.32. The van der Waals surface area contributed by atoms with Gasteiger partial charge in [-0.2, -0.15) is 9.29 Å². The van der Waals surface area contributed by atoms with Gasteiger partial charge >= 0.3 is 5.97 Å². The standard InChI is InChI=1S/C22H24N4O5S/c1-16-7-9-17(10-8-16)21-23-20(31-24-21)15-25-11-13-26(14-12-25)32(28,29)19-6-4-3-5-18(19)22(27)30-2/h3-10H,11-15H2,1-2H3. The van der Waals surface area contributed by atoms with Crippen LogP contribution in [-0.2, 0) is 21.3 Å². The first-order valence-electron chi connectivity index (χ1n) is 10.2. The number of rotatable bonds is 6. The van der Waals surface area contributed by atoms with Crippen molar-refractivity contribution in [1.29, 1.82) is 0 Å². The van der Waals surface area contributed by atoms with E-state index in [1.165, 1.54) is 23.5 Å². The van der Waals surface area contributed by atoms with E-state index in [0.717, 1.165) is 11.1 Å². The van der Waals surface area contributed by atoms with Crippen LogP contribution in [0.4, 0.5) is 0 Å². The largest absolute Gasteiger partial charge is 0.465 e. The Morgan fingerprint density at radius 1 is 1.06 bits per heavy atom. The topological polar surface area (TPSA) is 106 Å². The van der Waals surface area contributed by atoms with E-state index in [2.05, 4.69) is 15.0 Å². The number of aromatic nitrogens is 2. The first-order chi connectivity index (χ1) is 15.4. The van der Waals surface area contributed by atoms with Gasteiger partial charge in [-0.05, 0) is 19.1 Å². The van der Waals surface area contributed by atoms with Gasteiger partial charge in [-0.1, -0.05) is 47.1 Å². The lowest BCUT2D eigenvalue weighted by Crippen LogP contribution is -2.48. The summed E-state index contributed by atoms with van der Waals surface area (Å²) < 4.78 is 37.8. The Morgan fingerprint density at radius 2 is 1.75 bits per heavy atom. The first kappa shape index (κ1) is 22.1. The summed E-state index contributed by atoms with van der Waals surface area (Å²) in [5.74, 6) is 0.331. The van der Waals surface area contributed by atoms with Crippen LogP contribution >= 0.6 is 0 Å². The van der Waals surface area contributed by atoms with E-state index < -0.39 is 16.0 Å². The molecule has 4 rings (SSSR count). The molecular weight excluding hydrogens is 432 g/mol. The maximum absolute atomic E-state index is 13.1. The fourth-order valence-electron chi connectivity index (χ4n) is 3.57. The lowest BCUT2D eigenvalue weighted by Gasteiger charge is -2.33. The van der Waals surface area contributed by atoms with Gasteiger partial charge in [-0.3, -0.25) is 4.90 Å². The molecule has 0 unspecified atom stereocenters. The molecule has 0 saturated carbocycles. The average Bonchev–Trinajstić information content (AvgIpc) is 3.28. The minimum Gasteiger partial charge on any atom is -0.465 e. The molecule has 1 aliphatic rings. The molecule has 0 radical (unpaired) electrons. The lowest BCUT2D eigenvalue weighted by molar-refractivity contribution is 0.0596. The summed E-state index contributed by atoms with van der Waals surface area (Å²) in [6.45, 7) is 4.03. The Labute approximate surface area is 186 Å². The maximum atomic E-state index is 13.1. The van der Waals surface area contributed by atoms with E-state index in [1.54, 1.807) is 12.1 Å². The van der Waals surface area contributed by atoms with Crippen molar-refractivity contribution in [2.75, 3.05) is 33.3 Å². The summed E-state index contributed by atoms with van der Waals surface area (Å²) >= 11 is 0. The van der Waals surface area contributed by atoms with Crippen molar-refractivity contribution in [3.8, 4) is 11.4 Å². The van der Waals surface area contributed by atoms with E-state index in [1.807, 2.05) is 31.2 Å². The molecule has 2 heterocycles. The molecular formula is C22H24N4O5S. The van der Waals surface area contributed by atoms with E-state index in [9.17, 15) is 13.2 Å². The quantitative estimate of drug-likeness (QED) is 0.521. The third-order valence-electron chi connectivity index (χ3n) is 5.38. The number of hydrogen-bond acceptors (Lipinski definition) is 8. The Balaban J connectivity index is 1.41. The summed E-state index contributed by atoms with van der Waals surface area (Å²) in [6, 6.07) is 14.0. The number of sulfonamides is 1. The van der Waals surface area contributed by atoms with Crippen LogP contribution in [-0.4, -0.2) is 67.0 Å². The minimum atomic E-state index is -3.83. The molecule has 9 nitrogen and oxygen atoms in total. The normalized spacial score (nSPS) is 15.6. The van der Waals surface area contributed by atoms with Crippen LogP contribution in [0, 0.1) is 6.92 Å². The number of methoxy groups -OCH3 is 1. The van der Waals surface area contributed by atoms with Crippen LogP contribution in [0.3, 0.4) is 0 Å². The third-order valence-corrected chi connectivity index (χ3v) is 7.33. The zero-order chi connectivity index (χ0) is 22.7. The van der Waals surface area contributed by atoms with Gasteiger partial charge in [-0.15, -0.1) is 0 Å². The number of benzene rings is 2. The van der Waals surface area contributed by atoms with Gasteiger partial charge in [-0.25, -0.2) is 13.2 Å². The molecule has 0 amide bonds. The summed E-state index contributed by atoms with van der Waals surface area (Å²) in [4.78, 5) is 18.5. The summed E-state index contributed by atoms with van der Waals surface area (Å²) in [6.07, 6.45) is 0. The van der Waals surface area contributed by atoms with Crippen molar-refractivity contribution < 1.29 is 22.5 Å². The summed E-state index contributed by atoms with van der Waals surface area (Å²) in [5, 5.41) is 4.05. The van der Waals surface area contributed by atoms with Gasteiger partial charge in [0.1, 0.15) is 0 Å². The van der Waals surface area contributed by atoms with Gasteiger partial charge in [0.15, 0.2) is 0 Å². The highest BCUT2D eigenvalue weighted by Crippen LogP contribution is 2.23. The van der Waals surface area contributed by atoms with Gasteiger partial charge in [0, 0.05) is 31.7 Å². The zero-order valence-corrected chi connectivity index (χ0v) is 18.7. The molecule has 0 aliphatic carbocycles. The van der Waals surface area contributed by atoms with Crippen molar-refractivity contribution >= 4 is 16.0 Å². The summed E-state index contributed by atoms with van der Waals surface area (Å²) in [7, 11) is -2.60. The zero-order valence-electron chi connectivity index (χ0n) is 17.9. The smallest absolute Gasteiger partial charge is 0.339 e. The molecule has 0 atom stereocenters. The number of carbonyl (C=O) groups excluding carboxylic acids is 1. The van der Waals surface area contributed by atoms with Crippen molar-refractivity contribution in [3.63, 3.8) is 0 Å². The minimum absolute atomic E-state index is 0.0342. The Kier molecular flexibility index (Phi) is 6.35. The van der Waals surface area contributed by atoms with Crippen LogP contribution in [0.15, 0.2) is 57.9 Å². The second-order valence-corrected chi connectivity index (χ2v) is 9.45. The number of carbonyl (C=O) groups is 1. The molecule has 0 N–H and O–H groups in total. The lowest BCUT2D eigenvalue weighted by atomic mass is 10.1. The first-order valence-corrected chi connectivity index (χ1v) is 11.6. The number of nitrogens with zero attached hydrogens (tertiary/aromatic N) is 4. The third kappa shape index (κ3) is 4.57. The van der Waals surface area contributed by atoms with Crippen molar-refractivity contribution in [2.24, 2.45) is 0 Å². The Morgan fingerprint density at radius 3 is 2.44 bits per heavy atom. The number of aryl methyl sites for hydroxylation is 1. The van der Waals surface area contributed by atoms with Gasteiger partial charge in [0.2, 0.25) is 21.7 Å². The van der Waals surface area contributed by atoms with Crippen LogP contribution in [0.2, 0.25) is 0 Å². The number of piperazine rings is 1. The van der Waals surface area contributed by atoms with Crippen molar-refractivity contribution in [3.05, 3.63) is 65.5 Å². The predicted octanol–water partition coefficient (Wildman–Crippen LogP) is 2.34. The molecule has 32 heavy (non-hydrogen) atoms. The van der Waals surface area contributed by atoms with E-state index in [4.69, 9.17) is 9.26 Å². The SMILES string of the molecule is COC(=O)c1ccccc1S(=O)(=O)N1CCN(Cc2nc(-c3ccc(C)cc3)no2)CC1. The fourth-order valence-corrected chi connectivity index (χ4v) is 5.17.